The second-order valence-electron chi connectivity index (χ2n) is 7.72. The monoisotopic (exact) mass is 407 g/mol. The first kappa shape index (κ1) is 19.8. The standard InChI is InChI=1S/C23H25N3O4/c1-14(2)16(4)26(21-11-12-24-25-21)22(27)17-7-10-19-20(13-17)30-23(29-19)28-18-8-5-15(3)6-9-18/h5-14,16,23H,1-4H3,(H,24,25). The van der Waals surface area contributed by atoms with Crippen molar-refractivity contribution in [3.05, 3.63) is 65.9 Å². The Morgan fingerprint density at radius 1 is 1.07 bits per heavy atom. The van der Waals surface area contributed by atoms with Gasteiger partial charge in [-0.15, -0.1) is 0 Å². The molecule has 2 heterocycles. The molecule has 0 saturated carbocycles. The van der Waals surface area contributed by atoms with Crippen LogP contribution >= 0.6 is 0 Å². The number of rotatable bonds is 6. The smallest absolute Gasteiger partial charge is 0.406 e. The van der Waals surface area contributed by atoms with E-state index in [0.29, 0.717) is 28.6 Å². The van der Waals surface area contributed by atoms with Gasteiger partial charge in [-0.1, -0.05) is 31.5 Å². The Morgan fingerprint density at radius 3 is 2.47 bits per heavy atom. The molecule has 0 fully saturated rings. The van der Waals surface area contributed by atoms with E-state index in [0.717, 1.165) is 5.56 Å². The number of aromatic nitrogens is 2. The van der Waals surface area contributed by atoms with E-state index in [9.17, 15) is 4.79 Å². The predicted octanol–water partition coefficient (Wildman–Crippen LogP) is 4.54. The van der Waals surface area contributed by atoms with Gasteiger partial charge in [-0.3, -0.25) is 14.8 Å². The Kier molecular flexibility index (Phi) is 5.35. The van der Waals surface area contributed by atoms with E-state index in [1.165, 1.54) is 0 Å². The minimum absolute atomic E-state index is 0.0269. The Bertz CT molecular complexity index is 1020. The summed E-state index contributed by atoms with van der Waals surface area (Å²) in [4.78, 5) is 15.1. The maximum Gasteiger partial charge on any atom is 0.406 e. The van der Waals surface area contributed by atoms with Crippen molar-refractivity contribution in [3.8, 4) is 17.2 Å². The average Bonchev–Trinajstić information content (AvgIpc) is 3.38. The summed E-state index contributed by atoms with van der Waals surface area (Å²) in [6, 6.07) is 14.5. The summed E-state index contributed by atoms with van der Waals surface area (Å²) in [5, 5.41) is 6.89. The van der Waals surface area contributed by atoms with Crippen LogP contribution in [0.15, 0.2) is 54.7 Å². The first-order valence-corrected chi connectivity index (χ1v) is 9.96. The molecule has 2 unspecified atom stereocenters. The number of fused-ring (bicyclic) bond motifs is 1. The highest BCUT2D eigenvalue weighted by Crippen LogP contribution is 2.37. The van der Waals surface area contributed by atoms with Gasteiger partial charge >= 0.3 is 6.48 Å². The summed E-state index contributed by atoms with van der Waals surface area (Å²) >= 11 is 0. The van der Waals surface area contributed by atoms with Crippen LogP contribution in [-0.2, 0) is 0 Å². The number of carbonyl (C=O) groups excluding carboxylic acids is 1. The van der Waals surface area contributed by atoms with Gasteiger partial charge in [0.05, 0.1) is 6.20 Å². The number of hydrogen-bond acceptors (Lipinski definition) is 5. The zero-order chi connectivity index (χ0) is 21.3. The number of nitrogens with zero attached hydrogens (tertiary/aromatic N) is 2. The molecule has 0 bridgehead atoms. The first-order chi connectivity index (χ1) is 14.4. The highest BCUT2D eigenvalue weighted by molar-refractivity contribution is 6.06. The number of nitrogens with one attached hydrogen (secondary N) is 1. The highest BCUT2D eigenvalue weighted by atomic mass is 16.9. The molecule has 3 aromatic rings. The Balaban J connectivity index is 1.53. The van der Waals surface area contributed by atoms with E-state index >= 15 is 0 Å². The lowest BCUT2D eigenvalue weighted by Gasteiger charge is -2.30. The minimum Gasteiger partial charge on any atom is -0.423 e. The molecule has 1 amide bonds. The molecule has 1 N–H and O–H groups in total. The molecular weight excluding hydrogens is 382 g/mol. The van der Waals surface area contributed by atoms with Gasteiger partial charge in [-0.05, 0) is 50.1 Å². The number of benzene rings is 2. The van der Waals surface area contributed by atoms with Gasteiger partial charge in [-0.25, -0.2) is 0 Å². The van der Waals surface area contributed by atoms with Crippen LogP contribution in [0.2, 0.25) is 0 Å². The van der Waals surface area contributed by atoms with Crippen molar-refractivity contribution in [2.75, 3.05) is 4.90 Å². The van der Waals surface area contributed by atoms with Gasteiger partial charge in [0.15, 0.2) is 11.5 Å². The molecule has 4 rings (SSSR count). The number of aryl methyl sites for hydroxylation is 1. The third kappa shape index (κ3) is 3.96. The third-order valence-electron chi connectivity index (χ3n) is 5.23. The SMILES string of the molecule is Cc1ccc(OC2Oc3ccc(C(=O)N(c4ccn[nH]4)C(C)C(C)C)cc3O2)cc1. The van der Waals surface area contributed by atoms with E-state index in [1.807, 2.05) is 38.1 Å². The Morgan fingerprint density at radius 2 is 1.80 bits per heavy atom. The molecule has 7 heteroatoms. The normalized spacial score (nSPS) is 15.8. The highest BCUT2D eigenvalue weighted by Gasteiger charge is 2.30. The molecule has 0 spiro atoms. The van der Waals surface area contributed by atoms with Gasteiger partial charge in [-0.2, -0.15) is 5.10 Å². The van der Waals surface area contributed by atoms with Crippen LogP contribution in [0.1, 0.15) is 36.7 Å². The van der Waals surface area contributed by atoms with Gasteiger partial charge in [0.25, 0.3) is 5.91 Å². The van der Waals surface area contributed by atoms with Crippen molar-refractivity contribution in [1.29, 1.82) is 0 Å². The Labute approximate surface area is 175 Å². The number of anilines is 1. The molecule has 1 aromatic heterocycles. The fraction of sp³-hybridized carbons (Fsp3) is 0.304. The van der Waals surface area contributed by atoms with Crippen LogP contribution in [0.25, 0.3) is 0 Å². The molecule has 1 aliphatic heterocycles. The van der Waals surface area contributed by atoms with Crippen molar-refractivity contribution in [2.45, 2.75) is 40.2 Å². The number of hydrogen-bond donors (Lipinski definition) is 1. The lowest BCUT2D eigenvalue weighted by molar-refractivity contribution is -0.112. The van der Waals surface area contributed by atoms with Gasteiger partial charge in [0, 0.05) is 17.7 Å². The van der Waals surface area contributed by atoms with Crippen molar-refractivity contribution >= 4 is 11.7 Å². The third-order valence-corrected chi connectivity index (χ3v) is 5.23. The summed E-state index contributed by atoms with van der Waals surface area (Å²) < 4.78 is 17.2. The van der Waals surface area contributed by atoms with Crippen molar-refractivity contribution in [1.82, 2.24) is 10.2 Å². The molecule has 0 radical (unpaired) electrons. The summed E-state index contributed by atoms with van der Waals surface area (Å²) in [5.74, 6) is 2.42. The zero-order valence-electron chi connectivity index (χ0n) is 17.5. The van der Waals surface area contributed by atoms with Crippen LogP contribution in [-0.4, -0.2) is 28.6 Å². The molecule has 156 valence electrons. The summed E-state index contributed by atoms with van der Waals surface area (Å²) in [6.45, 7) is 7.28. The lowest BCUT2D eigenvalue weighted by Crippen LogP contribution is -2.42. The molecular formula is C23H25N3O4. The minimum atomic E-state index is -0.897. The molecule has 30 heavy (non-hydrogen) atoms. The van der Waals surface area contributed by atoms with Crippen LogP contribution < -0.4 is 19.1 Å². The number of carbonyl (C=O) groups is 1. The maximum absolute atomic E-state index is 13.3. The largest absolute Gasteiger partial charge is 0.423 e. The molecule has 0 saturated heterocycles. The molecule has 7 nitrogen and oxygen atoms in total. The second kappa shape index (κ2) is 8.10. The van der Waals surface area contributed by atoms with E-state index < -0.39 is 6.48 Å². The molecule has 2 atom stereocenters. The van der Waals surface area contributed by atoms with Crippen molar-refractivity contribution in [3.63, 3.8) is 0 Å². The van der Waals surface area contributed by atoms with Crippen LogP contribution in [0.4, 0.5) is 5.82 Å². The molecule has 0 aliphatic carbocycles. The summed E-state index contributed by atoms with van der Waals surface area (Å²) in [5.41, 5.74) is 1.63. The second-order valence-corrected chi connectivity index (χ2v) is 7.72. The number of ether oxygens (including phenoxy) is 3. The van der Waals surface area contributed by atoms with Crippen LogP contribution in [0.5, 0.6) is 17.2 Å². The average molecular weight is 407 g/mol. The van der Waals surface area contributed by atoms with Gasteiger partial charge < -0.3 is 14.2 Å². The van der Waals surface area contributed by atoms with Crippen molar-refractivity contribution in [2.24, 2.45) is 5.92 Å². The number of aromatic amines is 1. The quantitative estimate of drug-likeness (QED) is 0.649. The lowest BCUT2D eigenvalue weighted by atomic mass is 10.0. The topological polar surface area (TPSA) is 76.7 Å². The van der Waals surface area contributed by atoms with Crippen LogP contribution in [0.3, 0.4) is 0 Å². The number of H-pyrrole nitrogens is 1. The van der Waals surface area contributed by atoms with E-state index in [1.54, 1.807) is 35.4 Å². The van der Waals surface area contributed by atoms with E-state index in [-0.39, 0.29) is 17.9 Å². The van der Waals surface area contributed by atoms with E-state index in [4.69, 9.17) is 14.2 Å². The molecule has 1 aliphatic rings. The zero-order valence-corrected chi connectivity index (χ0v) is 17.5. The first-order valence-electron chi connectivity index (χ1n) is 9.96. The number of amides is 1. The van der Waals surface area contributed by atoms with Gasteiger partial charge in [0.2, 0.25) is 0 Å². The fourth-order valence-corrected chi connectivity index (χ4v) is 3.17. The molecule has 2 aromatic carbocycles. The van der Waals surface area contributed by atoms with Crippen molar-refractivity contribution < 1.29 is 19.0 Å². The van der Waals surface area contributed by atoms with Gasteiger partial charge in [0.1, 0.15) is 11.6 Å². The fourth-order valence-electron chi connectivity index (χ4n) is 3.17. The summed E-state index contributed by atoms with van der Waals surface area (Å²) in [7, 11) is 0. The van der Waals surface area contributed by atoms with E-state index in [2.05, 4.69) is 24.0 Å². The van der Waals surface area contributed by atoms with Crippen LogP contribution in [0, 0.1) is 12.8 Å². The predicted molar refractivity (Wildman–Crippen MR) is 113 cm³/mol. The maximum atomic E-state index is 13.3. The Hall–Kier alpha value is -3.48. The summed E-state index contributed by atoms with van der Waals surface area (Å²) in [6.07, 6.45) is 1.63.